The Morgan fingerprint density at radius 1 is 1.12 bits per heavy atom. The van der Waals surface area contributed by atoms with Crippen LogP contribution in [0.5, 0.6) is 0 Å². The molecule has 1 unspecified atom stereocenters. The number of nitrogens with zero attached hydrogens (tertiary/aromatic N) is 2. The number of likely N-dealkylation sites (tertiary alicyclic amines) is 2. The van der Waals surface area contributed by atoms with Crippen molar-refractivity contribution < 1.29 is 4.79 Å². The van der Waals surface area contributed by atoms with Crippen LogP contribution >= 0.6 is 0 Å². The Labute approximate surface area is 98.8 Å². The van der Waals surface area contributed by atoms with E-state index in [9.17, 15) is 4.79 Å². The third kappa shape index (κ3) is 2.57. The summed E-state index contributed by atoms with van der Waals surface area (Å²) >= 11 is 0. The van der Waals surface area contributed by atoms with Gasteiger partial charge in [0.15, 0.2) is 0 Å². The second-order valence-electron chi connectivity index (χ2n) is 5.48. The van der Waals surface area contributed by atoms with Crippen molar-refractivity contribution >= 4 is 5.91 Å². The summed E-state index contributed by atoms with van der Waals surface area (Å²) in [5, 5.41) is 0. The molecule has 0 aromatic heterocycles. The summed E-state index contributed by atoms with van der Waals surface area (Å²) in [5.41, 5.74) is 0. The van der Waals surface area contributed by atoms with Gasteiger partial charge in [-0.05, 0) is 32.4 Å². The van der Waals surface area contributed by atoms with Crippen LogP contribution in [0, 0.1) is 5.92 Å². The maximum Gasteiger partial charge on any atom is 0.225 e. The predicted molar refractivity (Wildman–Crippen MR) is 65.2 cm³/mol. The SMILES string of the molecule is CC(C)C(=O)N1CCC(N2CCCCC2)C1. The molecule has 0 radical (unpaired) electrons. The molecule has 2 fully saturated rings. The highest BCUT2D eigenvalue weighted by atomic mass is 16.2. The Hall–Kier alpha value is -0.570. The number of rotatable bonds is 2. The lowest BCUT2D eigenvalue weighted by Gasteiger charge is -2.32. The van der Waals surface area contributed by atoms with Gasteiger partial charge in [0.05, 0.1) is 0 Å². The third-order valence-corrected chi connectivity index (χ3v) is 3.88. The smallest absolute Gasteiger partial charge is 0.225 e. The molecule has 92 valence electrons. The third-order valence-electron chi connectivity index (χ3n) is 3.88. The van der Waals surface area contributed by atoms with E-state index in [0.717, 1.165) is 13.1 Å². The van der Waals surface area contributed by atoms with Crippen LogP contribution in [0.15, 0.2) is 0 Å². The summed E-state index contributed by atoms with van der Waals surface area (Å²) in [4.78, 5) is 16.5. The van der Waals surface area contributed by atoms with Gasteiger partial charge in [0.1, 0.15) is 0 Å². The summed E-state index contributed by atoms with van der Waals surface area (Å²) < 4.78 is 0. The molecule has 3 nitrogen and oxygen atoms in total. The average Bonchev–Trinajstić information content (AvgIpc) is 2.78. The summed E-state index contributed by atoms with van der Waals surface area (Å²) in [7, 11) is 0. The molecule has 1 amide bonds. The molecule has 0 aliphatic carbocycles. The maximum absolute atomic E-state index is 11.9. The Kier molecular flexibility index (Phi) is 3.85. The second-order valence-corrected chi connectivity index (χ2v) is 5.48. The quantitative estimate of drug-likeness (QED) is 0.713. The van der Waals surface area contributed by atoms with Crippen molar-refractivity contribution in [1.29, 1.82) is 0 Å². The van der Waals surface area contributed by atoms with Crippen LogP contribution in [0.2, 0.25) is 0 Å². The summed E-state index contributed by atoms with van der Waals surface area (Å²) in [6.45, 7) is 8.42. The lowest BCUT2D eigenvalue weighted by molar-refractivity contribution is -0.133. The molecule has 0 aromatic carbocycles. The van der Waals surface area contributed by atoms with Crippen LogP contribution in [0.4, 0.5) is 0 Å². The minimum absolute atomic E-state index is 0.153. The number of hydrogen-bond acceptors (Lipinski definition) is 2. The van der Waals surface area contributed by atoms with E-state index in [4.69, 9.17) is 0 Å². The van der Waals surface area contributed by atoms with Crippen molar-refractivity contribution in [2.24, 2.45) is 5.92 Å². The largest absolute Gasteiger partial charge is 0.341 e. The molecule has 2 saturated heterocycles. The standard InChI is InChI=1S/C13H24N2O/c1-11(2)13(16)15-9-6-12(10-15)14-7-4-3-5-8-14/h11-12H,3-10H2,1-2H3. The molecule has 0 spiro atoms. The fourth-order valence-corrected chi connectivity index (χ4v) is 2.89. The van der Waals surface area contributed by atoms with Crippen LogP contribution < -0.4 is 0 Å². The average molecular weight is 224 g/mol. The Bertz CT molecular complexity index is 246. The van der Waals surface area contributed by atoms with Crippen molar-refractivity contribution in [1.82, 2.24) is 9.80 Å². The predicted octanol–water partition coefficient (Wildman–Crippen LogP) is 1.73. The van der Waals surface area contributed by atoms with Gasteiger partial charge >= 0.3 is 0 Å². The van der Waals surface area contributed by atoms with Crippen molar-refractivity contribution in [3.8, 4) is 0 Å². The van der Waals surface area contributed by atoms with E-state index >= 15 is 0 Å². The van der Waals surface area contributed by atoms with Gasteiger partial charge in [0, 0.05) is 25.0 Å². The molecule has 0 aromatic rings. The van der Waals surface area contributed by atoms with Crippen molar-refractivity contribution in [2.45, 2.75) is 45.6 Å². The molecular weight excluding hydrogens is 200 g/mol. The first kappa shape index (κ1) is 11.9. The topological polar surface area (TPSA) is 23.6 Å². The molecule has 2 aliphatic rings. The van der Waals surface area contributed by atoms with E-state index in [1.165, 1.54) is 38.8 Å². The lowest BCUT2D eigenvalue weighted by atomic mass is 10.1. The van der Waals surface area contributed by atoms with Gasteiger partial charge in [0.2, 0.25) is 5.91 Å². The maximum atomic E-state index is 11.9. The second kappa shape index (κ2) is 5.17. The van der Waals surface area contributed by atoms with Crippen molar-refractivity contribution in [2.75, 3.05) is 26.2 Å². The Morgan fingerprint density at radius 3 is 2.44 bits per heavy atom. The first-order valence-corrected chi connectivity index (χ1v) is 6.71. The minimum Gasteiger partial charge on any atom is -0.341 e. The molecule has 3 heteroatoms. The van der Waals surface area contributed by atoms with E-state index in [0.29, 0.717) is 11.9 Å². The molecular formula is C13H24N2O. The summed E-state index contributed by atoms with van der Waals surface area (Å²) in [5.74, 6) is 0.486. The van der Waals surface area contributed by atoms with E-state index in [2.05, 4.69) is 9.80 Å². The van der Waals surface area contributed by atoms with Gasteiger partial charge in [-0.25, -0.2) is 0 Å². The highest BCUT2D eigenvalue weighted by Crippen LogP contribution is 2.21. The normalized spacial score (nSPS) is 27.7. The van der Waals surface area contributed by atoms with Gasteiger partial charge in [-0.2, -0.15) is 0 Å². The highest BCUT2D eigenvalue weighted by Gasteiger charge is 2.31. The molecule has 16 heavy (non-hydrogen) atoms. The molecule has 2 heterocycles. The lowest BCUT2D eigenvalue weighted by Crippen LogP contribution is -2.42. The van der Waals surface area contributed by atoms with Crippen molar-refractivity contribution in [3.05, 3.63) is 0 Å². The van der Waals surface area contributed by atoms with Crippen LogP contribution in [-0.2, 0) is 4.79 Å². The van der Waals surface area contributed by atoms with Crippen molar-refractivity contribution in [3.63, 3.8) is 0 Å². The molecule has 0 N–H and O–H groups in total. The van der Waals surface area contributed by atoms with Gasteiger partial charge in [-0.3, -0.25) is 9.69 Å². The van der Waals surface area contributed by atoms with Gasteiger partial charge in [-0.15, -0.1) is 0 Å². The highest BCUT2D eigenvalue weighted by molar-refractivity contribution is 5.78. The Morgan fingerprint density at radius 2 is 1.81 bits per heavy atom. The molecule has 1 atom stereocenters. The molecule has 0 saturated carbocycles. The molecule has 0 bridgehead atoms. The monoisotopic (exact) mass is 224 g/mol. The zero-order chi connectivity index (χ0) is 11.5. The van der Waals surface area contributed by atoms with Crippen LogP contribution in [-0.4, -0.2) is 47.9 Å². The fraction of sp³-hybridized carbons (Fsp3) is 0.923. The number of carbonyl (C=O) groups excluding carboxylic acids is 1. The number of hydrogen-bond donors (Lipinski definition) is 0. The van der Waals surface area contributed by atoms with Gasteiger partial charge in [0.25, 0.3) is 0 Å². The Balaban J connectivity index is 1.85. The van der Waals surface area contributed by atoms with Crippen LogP contribution in [0.3, 0.4) is 0 Å². The van der Waals surface area contributed by atoms with Gasteiger partial charge in [-0.1, -0.05) is 20.3 Å². The van der Waals surface area contributed by atoms with Crippen LogP contribution in [0.25, 0.3) is 0 Å². The number of amides is 1. The summed E-state index contributed by atoms with van der Waals surface area (Å²) in [6, 6.07) is 0.642. The molecule has 2 rings (SSSR count). The number of piperidine rings is 1. The van der Waals surface area contributed by atoms with E-state index in [1.807, 2.05) is 13.8 Å². The van der Waals surface area contributed by atoms with Gasteiger partial charge < -0.3 is 4.90 Å². The van der Waals surface area contributed by atoms with Crippen LogP contribution in [0.1, 0.15) is 39.5 Å². The zero-order valence-electron chi connectivity index (χ0n) is 10.6. The summed E-state index contributed by atoms with van der Waals surface area (Å²) in [6.07, 6.45) is 5.25. The first-order valence-electron chi connectivity index (χ1n) is 6.71. The van der Waals surface area contributed by atoms with E-state index in [1.54, 1.807) is 0 Å². The number of carbonyl (C=O) groups is 1. The van der Waals surface area contributed by atoms with E-state index < -0.39 is 0 Å². The van der Waals surface area contributed by atoms with E-state index in [-0.39, 0.29) is 5.92 Å². The molecule has 2 aliphatic heterocycles. The fourth-order valence-electron chi connectivity index (χ4n) is 2.89. The zero-order valence-corrected chi connectivity index (χ0v) is 10.6. The minimum atomic E-state index is 0.153. The first-order chi connectivity index (χ1) is 7.68.